The smallest absolute Gasteiger partial charge is 0.0522 e. The van der Waals surface area contributed by atoms with Crippen molar-refractivity contribution in [3.05, 3.63) is 53.1 Å². The van der Waals surface area contributed by atoms with Gasteiger partial charge in [-0.2, -0.15) is 0 Å². The largest absolute Gasteiger partial charge is 0.354 e. The predicted molar refractivity (Wildman–Crippen MR) is 124 cm³/mol. The molecule has 0 spiro atoms. The second kappa shape index (κ2) is 8.31. The van der Waals surface area contributed by atoms with E-state index in [1.165, 1.54) is 33.0 Å². The van der Waals surface area contributed by atoms with Crippen LogP contribution in [-0.4, -0.2) is 5.75 Å². The van der Waals surface area contributed by atoms with Crippen molar-refractivity contribution in [2.24, 2.45) is 5.92 Å². The number of thioether (sulfide) groups is 1. The first kappa shape index (κ1) is 21.9. The Kier molecular flexibility index (Phi) is 6.73. The molecule has 0 aliphatic carbocycles. The minimum atomic E-state index is 0.119. The summed E-state index contributed by atoms with van der Waals surface area (Å²) in [4.78, 5) is 1.32. The molecular formula is C25H37NS. The normalized spacial score (nSPS) is 12.5. The molecule has 2 aromatic carbocycles. The zero-order chi connectivity index (χ0) is 20.4. The maximum absolute atomic E-state index is 3.77. The van der Waals surface area contributed by atoms with E-state index in [4.69, 9.17) is 0 Å². The third-order valence-electron chi connectivity index (χ3n) is 4.81. The fourth-order valence-electron chi connectivity index (χ4n) is 3.15. The fraction of sp³-hybridized carbons (Fsp3) is 0.520. The Morgan fingerprint density at radius 3 is 2.07 bits per heavy atom. The number of para-hydroxylation sites is 1. The summed E-state index contributed by atoms with van der Waals surface area (Å²) in [5.74, 6) is 1.81. The van der Waals surface area contributed by atoms with Gasteiger partial charge in [0.2, 0.25) is 0 Å². The third-order valence-corrected chi connectivity index (χ3v) is 6.31. The number of anilines is 2. The minimum Gasteiger partial charge on any atom is -0.354 e. The van der Waals surface area contributed by atoms with Crippen molar-refractivity contribution in [3.8, 4) is 0 Å². The van der Waals surface area contributed by atoms with Gasteiger partial charge in [0.15, 0.2) is 0 Å². The molecule has 0 aliphatic rings. The van der Waals surface area contributed by atoms with Crippen LogP contribution >= 0.6 is 11.8 Å². The molecule has 0 aliphatic heterocycles. The lowest BCUT2D eigenvalue weighted by Crippen LogP contribution is -2.18. The lowest BCUT2D eigenvalue weighted by atomic mass is 9.78. The monoisotopic (exact) mass is 383 g/mol. The van der Waals surface area contributed by atoms with Gasteiger partial charge in [0, 0.05) is 16.3 Å². The molecule has 2 heteroatoms. The van der Waals surface area contributed by atoms with Crippen LogP contribution in [0.3, 0.4) is 0 Å². The minimum absolute atomic E-state index is 0.119. The van der Waals surface area contributed by atoms with E-state index < -0.39 is 0 Å². The second-order valence-corrected chi connectivity index (χ2v) is 11.1. The van der Waals surface area contributed by atoms with Gasteiger partial charge < -0.3 is 5.32 Å². The van der Waals surface area contributed by atoms with E-state index >= 15 is 0 Å². The molecule has 0 amide bonds. The van der Waals surface area contributed by atoms with Gasteiger partial charge in [-0.25, -0.2) is 0 Å². The summed E-state index contributed by atoms with van der Waals surface area (Å²) in [7, 11) is 0. The lowest BCUT2D eigenvalue weighted by molar-refractivity contribution is 0.566. The molecule has 148 valence electrons. The zero-order valence-electron chi connectivity index (χ0n) is 18.7. The Labute approximate surface area is 171 Å². The molecule has 0 atom stereocenters. The van der Waals surface area contributed by atoms with E-state index in [1.54, 1.807) is 0 Å². The van der Waals surface area contributed by atoms with Crippen molar-refractivity contribution in [2.45, 2.75) is 78.0 Å². The summed E-state index contributed by atoms with van der Waals surface area (Å²) >= 11 is 1.94. The van der Waals surface area contributed by atoms with Gasteiger partial charge in [-0.3, -0.25) is 0 Å². The molecular weight excluding hydrogens is 346 g/mol. The number of nitrogens with one attached hydrogen (secondary N) is 1. The maximum Gasteiger partial charge on any atom is 0.0522 e. The number of benzene rings is 2. The molecule has 0 fully saturated rings. The molecule has 1 N–H and O–H groups in total. The predicted octanol–water partition coefficient (Wildman–Crippen LogP) is 8.08. The standard InChI is InChI=1S/C25H37NS/c1-17(2)16-27-23-13-11-10-12-21(23)26-22-15-19(24(4,5)6)14-20(18(22)3)25(7,8)9/h10-15,17,26H,16H2,1-9H3. The van der Waals surface area contributed by atoms with Gasteiger partial charge in [0.1, 0.15) is 0 Å². The molecule has 0 saturated carbocycles. The van der Waals surface area contributed by atoms with Crippen LogP contribution in [0.1, 0.15) is 72.1 Å². The van der Waals surface area contributed by atoms with Crippen LogP contribution in [-0.2, 0) is 10.8 Å². The van der Waals surface area contributed by atoms with Crippen LogP contribution in [0.15, 0.2) is 41.3 Å². The molecule has 2 rings (SSSR count). The molecule has 0 saturated heterocycles. The van der Waals surface area contributed by atoms with E-state index in [1.807, 2.05) is 11.8 Å². The Bertz CT molecular complexity index is 776. The van der Waals surface area contributed by atoms with Gasteiger partial charge in [-0.1, -0.05) is 73.6 Å². The van der Waals surface area contributed by atoms with Crippen LogP contribution in [0, 0.1) is 12.8 Å². The van der Waals surface area contributed by atoms with E-state index in [0.717, 1.165) is 5.75 Å². The first-order valence-corrected chi connectivity index (χ1v) is 11.0. The van der Waals surface area contributed by atoms with E-state index in [2.05, 4.69) is 104 Å². The lowest BCUT2D eigenvalue weighted by Gasteiger charge is -2.29. The topological polar surface area (TPSA) is 12.0 Å². The highest BCUT2D eigenvalue weighted by Crippen LogP contribution is 2.38. The highest BCUT2D eigenvalue weighted by Gasteiger charge is 2.23. The summed E-state index contributed by atoms with van der Waals surface area (Å²) in [6, 6.07) is 13.4. The molecule has 0 bridgehead atoms. The van der Waals surface area contributed by atoms with E-state index in [9.17, 15) is 0 Å². The van der Waals surface area contributed by atoms with Crippen LogP contribution < -0.4 is 5.32 Å². The van der Waals surface area contributed by atoms with Gasteiger partial charge in [0.05, 0.1) is 5.69 Å². The summed E-state index contributed by atoms with van der Waals surface area (Å²) in [6.45, 7) is 20.6. The highest BCUT2D eigenvalue weighted by atomic mass is 32.2. The van der Waals surface area contributed by atoms with Crippen LogP contribution in [0.25, 0.3) is 0 Å². The maximum atomic E-state index is 3.77. The first-order chi connectivity index (χ1) is 12.4. The average molecular weight is 384 g/mol. The van der Waals surface area contributed by atoms with E-state index in [-0.39, 0.29) is 10.8 Å². The molecule has 27 heavy (non-hydrogen) atoms. The fourth-order valence-corrected chi connectivity index (χ4v) is 4.12. The first-order valence-electron chi connectivity index (χ1n) is 10.0. The summed E-state index contributed by atoms with van der Waals surface area (Å²) in [6.07, 6.45) is 0. The van der Waals surface area contributed by atoms with Gasteiger partial charge in [0.25, 0.3) is 0 Å². The van der Waals surface area contributed by atoms with Crippen molar-refractivity contribution in [1.82, 2.24) is 0 Å². The van der Waals surface area contributed by atoms with E-state index in [0.29, 0.717) is 5.92 Å². The molecule has 2 aromatic rings. The van der Waals surface area contributed by atoms with Crippen molar-refractivity contribution in [2.75, 3.05) is 11.1 Å². The highest BCUT2D eigenvalue weighted by molar-refractivity contribution is 7.99. The number of hydrogen-bond donors (Lipinski definition) is 1. The Balaban J connectivity index is 2.50. The average Bonchev–Trinajstić information content (AvgIpc) is 2.53. The molecule has 0 radical (unpaired) electrons. The second-order valence-electron chi connectivity index (χ2n) is 10.0. The van der Waals surface area contributed by atoms with Crippen LogP contribution in [0.2, 0.25) is 0 Å². The Morgan fingerprint density at radius 2 is 1.52 bits per heavy atom. The van der Waals surface area contributed by atoms with Crippen LogP contribution in [0.5, 0.6) is 0 Å². The van der Waals surface area contributed by atoms with Gasteiger partial charge in [-0.15, -0.1) is 11.8 Å². The third kappa shape index (κ3) is 5.78. The Morgan fingerprint density at radius 1 is 0.889 bits per heavy atom. The van der Waals surface area contributed by atoms with Crippen molar-refractivity contribution in [1.29, 1.82) is 0 Å². The zero-order valence-corrected chi connectivity index (χ0v) is 19.5. The number of hydrogen-bond acceptors (Lipinski definition) is 2. The Hall–Kier alpha value is -1.41. The van der Waals surface area contributed by atoms with Crippen molar-refractivity contribution < 1.29 is 0 Å². The summed E-state index contributed by atoms with van der Waals surface area (Å²) in [5.41, 5.74) is 6.82. The molecule has 1 nitrogen and oxygen atoms in total. The SMILES string of the molecule is Cc1c(Nc2ccccc2SCC(C)C)cc(C(C)(C)C)cc1C(C)(C)C. The molecule has 0 unspecified atom stereocenters. The molecule has 0 heterocycles. The quantitative estimate of drug-likeness (QED) is 0.524. The summed E-state index contributed by atoms with van der Waals surface area (Å²) < 4.78 is 0. The van der Waals surface area contributed by atoms with Gasteiger partial charge >= 0.3 is 0 Å². The van der Waals surface area contributed by atoms with Crippen molar-refractivity contribution >= 4 is 23.1 Å². The van der Waals surface area contributed by atoms with Gasteiger partial charge in [-0.05, 0) is 58.6 Å². The molecule has 0 aromatic heterocycles. The van der Waals surface area contributed by atoms with Crippen molar-refractivity contribution in [3.63, 3.8) is 0 Å². The van der Waals surface area contributed by atoms with Crippen LogP contribution in [0.4, 0.5) is 11.4 Å². The number of rotatable bonds is 5. The summed E-state index contributed by atoms with van der Waals surface area (Å²) in [5, 5.41) is 3.77.